The highest BCUT2D eigenvalue weighted by atomic mass is 15.2. The predicted molar refractivity (Wildman–Crippen MR) is 92.4 cm³/mol. The van der Waals surface area contributed by atoms with E-state index in [-0.39, 0.29) is 0 Å². The fourth-order valence-electron chi connectivity index (χ4n) is 4.64. The number of rotatable bonds is 2. The zero-order valence-corrected chi connectivity index (χ0v) is 15.0. The lowest BCUT2D eigenvalue weighted by molar-refractivity contribution is 0.0770. The Labute approximate surface area is 132 Å². The molecule has 2 N–H and O–H groups in total. The number of nitrogens with zero attached hydrogens (tertiary/aromatic N) is 1. The van der Waals surface area contributed by atoms with Crippen molar-refractivity contribution in [1.82, 2.24) is 4.90 Å². The molecule has 0 amide bonds. The molecule has 1 saturated heterocycles. The van der Waals surface area contributed by atoms with Gasteiger partial charge in [-0.25, -0.2) is 0 Å². The fraction of sp³-hybridized carbons (Fsp3) is 1.00. The van der Waals surface area contributed by atoms with Gasteiger partial charge in [-0.2, -0.15) is 0 Å². The highest BCUT2D eigenvalue weighted by molar-refractivity contribution is 4.96. The van der Waals surface area contributed by atoms with Gasteiger partial charge >= 0.3 is 0 Å². The van der Waals surface area contributed by atoms with Crippen LogP contribution in [0.15, 0.2) is 0 Å². The standard InChI is InChI=1S/C19H38N2/c1-16-7-6-13-21(14-10-16)19(15-20)11-5-8-17(9-12-19)18(2,3)4/h16-17H,5-15,20H2,1-4H3. The Morgan fingerprint density at radius 3 is 2.43 bits per heavy atom. The van der Waals surface area contributed by atoms with E-state index in [1.807, 2.05) is 0 Å². The van der Waals surface area contributed by atoms with Crippen LogP contribution in [0.25, 0.3) is 0 Å². The van der Waals surface area contributed by atoms with E-state index in [9.17, 15) is 0 Å². The minimum absolute atomic E-state index is 0.310. The topological polar surface area (TPSA) is 29.3 Å². The van der Waals surface area contributed by atoms with Gasteiger partial charge in [0.05, 0.1) is 0 Å². The van der Waals surface area contributed by atoms with Gasteiger partial charge in [0.2, 0.25) is 0 Å². The second-order valence-corrected chi connectivity index (χ2v) is 8.95. The molecule has 1 heterocycles. The minimum atomic E-state index is 0.310. The lowest BCUT2D eigenvalue weighted by Gasteiger charge is -2.43. The van der Waals surface area contributed by atoms with Crippen molar-refractivity contribution >= 4 is 0 Å². The third kappa shape index (κ3) is 4.22. The largest absolute Gasteiger partial charge is 0.329 e. The summed E-state index contributed by atoms with van der Waals surface area (Å²) in [6.07, 6.45) is 10.9. The Morgan fingerprint density at radius 2 is 1.76 bits per heavy atom. The molecule has 0 radical (unpaired) electrons. The van der Waals surface area contributed by atoms with Crippen LogP contribution in [0.1, 0.15) is 79.1 Å². The zero-order valence-electron chi connectivity index (χ0n) is 15.0. The predicted octanol–water partition coefficient (Wildman–Crippen LogP) is 4.43. The van der Waals surface area contributed by atoms with E-state index in [1.165, 1.54) is 64.5 Å². The average molecular weight is 295 g/mol. The van der Waals surface area contributed by atoms with Gasteiger partial charge in [0.15, 0.2) is 0 Å². The van der Waals surface area contributed by atoms with Crippen molar-refractivity contribution in [2.75, 3.05) is 19.6 Å². The summed E-state index contributed by atoms with van der Waals surface area (Å²) in [5, 5.41) is 0. The monoisotopic (exact) mass is 294 g/mol. The van der Waals surface area contributed by atoms with Crippen LogP contribution in [-0.2, 0) is 0 Å². The summed E-state index contributed by atoms with van der Waals surface area (Å²) < 4.78 is 0. The third-order valence-corrected chi connectivity index (χ3v) is 6.45. The second kappa shape index (κ2) is 7.00. The molecule has 2 nitrogen and oxygen atoms in total. The Bertz CT molecular complexity index is 320. The van der Waals surface area contributed by atoms with Crippen LogP contribution < -0.4 is 5.73 Å². The summed E-state index contributed by atoms with van der Waals surface area (Å²) in [5.74, 6) is 1.77. The lowest BCUT2D eigenvalue weighted by atomic mass is 9.76. The second-order valence-electron chi connectivity index (χ2n) is 8.95. The first-order chi connectivity index (χ1) is 9.87. The molecular weight excluding hydrogens is 256 g/mol. The van der Waals surface area contributed by atoms with Crippen LogP contribution in [0.4, 0.5) is 0 Å². The summed E-state index contributed by atoms with van der Waals surface area (Å²) in [6.45, 7) is 13.1. The molecular formula is C19H38N2. The number of nitrogens with two attached hydrogens (primary N) is 1. The van der Waals surface area contributed by atoms with E-state index < -0.39 is 0 Å². The Hall–Kier alpha value is -0.0800. The summed E-state index contributed by atoms with van der Waals surface area (Å²) in [4.78, 5) is 2.79. The Kier molecular flexibility index (Phi) is 5.76. The maximum atomic E-state index is 6.34. The first-order valence-electron chi connectivity index (χ1n) is 9.32. The lowest BCUT2D eigenvalue weighted by Crippen LogP contribution is -2.54. The van der Waals surface area contributed by atoms with Crippen molar-refractivity contribution in [1.29, 1.82) is 0 Å². The van der Waals surface area contributed by atoms with E-state index in [1.54, 1.807) is 0 Å². The van der Waals surface area contributed by atoms with Gasteiger partial charge in [-0.1, -0.05) is 34.1 Å². The van der Waals surface area contributed by atoms with Crippen molar-refractivity contribution in [3.05, 3.63) is 0 Å². The van der Waals surface area contributed by atoms with Crippen LogP contribution in [0, 0.1) is 17.3 Å². The molecule has 21 heavy (non-hydrogen) atoms. The van der Waals surface area contributed by atoms with Crippen LogP contribution >= 0.6 is 0 Å². The van der Waals surface area contributed by atoms with Crippen LogP contribution in [0.5, 0.6) is 0 Å². The van der Waals surface area contributed by atoms with Crippen molar-refractivity contribution in [2.45, 2.75) is 84.6 Å². The first kappa shape index (κ1) is 17.3. The minimum Gasteiger partial charge on any atom is -0.329 e. The van der Waals surface area contributed by atoms with E-state index >= 15 is 0 Å². The highest BCUT2D eigenvalue weighted by Crippen LogP contribution is 2.42. The first-order valence-corrected chi connectivity index (χ1v) is 9.32. The van der Waals surface area contributed by atoms with Gasteiger partial charge in [-0.15, -0.1) is 0 Å². The Morgan fingerprint density at radius 1 is 1.00 bits per heavy atom. The molecule has 0 aromatic heterocycles. The van der Waals surface area contributed by atoms with Crippen LogP contribution in [-0.4, -0.2) is 30.1 Å². The molecule has 2 rings (SSSR count). The summed E-state index contributed by atoms with van der Waals surface area (Å²) in [7, 11) is 0. The van der Waals surface area contributed by atoms with Crippen molar-refractivity contribution in [3.8, 4) is 0 Å². The van der Waals surface area contributed by atoms with Crippen molar-refractivity contribution < 1.29 is 0 Å². The zero-order chi connectivity index (χ0) is 15.5. The van der Waals surface area contributed by atoms with E-state index in [0.717, 1.165) is 18.4 Å². The molecule has 3 atom stereocenters. The van der Waals surface area contributed by atoms with Gasteiger partial charge in [0.25, 0.3) is 0 Å². The maximum absolute atomic E-state index is 6.34. The molecule has 0 spiro atoms. The maximum Gasteiger partial charge on any atom is 0.0331 e. The molecule has 1 aliphatic carbocycles. The normalized spacial score (nSPS) is 37.0. The number of hydrogen-bond acceptors (Lipinski definition) is 2. The SMILES string of the molecule is CC1CCCN(C2(CN)CCCC(C(C)(C)C)CC2)CC1. The molecule has 1 aliphatic heterocycles. The quantitative estimate of drug-likeness (QED) is 0.763. The highest BCUT2D eigenvalue weighted by Gasteiger charge is 2.39. The van der Waals surface area contributed by atoms with E-state index in [0.29, 0.717) is 11.0 Å². The molecule has 2 heteroatoms. The van der Waals surface area contributed by atoms with Crippen molar-refractivity contribution in [3.63, 3.8) is 0 Å². The van der Waals surface area contributed by atoms with Gasteiger partial charge in [0.1, 0.15) is 0 Å². The third-order valence-electron chi connectivity index (χ3n) is 6.45. The number of likely N-dealkylation sites (tertiary alicyclic amines) is 1. The number of hydrogen-bond donors (Lipinski definition) is 1. The van der Waals surface area contributed by atoms with Crippen LogP contribution in [0.2, 0.25) is 0 Å². The van der Waals surface area contributed by atoms with Gasteiger partial charge in [0, 0.05) is 12.1 Å². The van der Waals surface area contributed by atoms with E-state index in [2.05, 4.69) is 32.6 Å². The fourth-order valence-corrected chi connectivity index (χ4v) is 4.64. The molecule has 0 bridgehead atoms. The van der Waals surface area contributed by atoms with Gasteiger partial charge in [-0.05, 0) is 75.3 Å². The Balaban J connectivity index is 2.07. The summed E-state index contributed by atoms with van der Waals surface area (Å²) in [5.41, 5.74) is 7.10. The molecule has 124 valence electrons. The smallest absolute Gasteiger partial charge is 0.0331 e. The summed E-state index contributed by atoms with van der Waals surface area (Å²) in [6, 6.07) is 0. The van der Waals surface area contributed by atoms with E-state index in [4.69, 9.17) is 5.73 Å². The molecule has 2 fully saturated rings. The summed E-state index contributed by atoms with van der Waals surface area (Å²) >= 11 is 0. The van der Waals surface area contributed by atoms with Gasteiger partial charge < -0.3 is 5.73 Å². The molecule has 3 unspecified atom stereocenters. The van der Waals surface area contributed by atoms with Crippen LogP contribution in [0.3, 0.4) is 0 Å². The molecule has 1 saturated carbocycles. The molecule has 0 aromatic rings. The molecule has 2 aliphatic rings. The van der Waals surface area contributed by atoms with Gasteiger partial charge in [-0.3, -0.25) is 4.90 Å². The average Bonchev–Trinajstić information content (AvgIpc) is 2.76. The van der Waals surface area contributed by atoms with Crippen molar-refractivity contribution in [2.24, 2.45) is 23.0 Å². The molecule has 0 aromatic carbocycles.